The van der Waals surface area contributed by atoms with Gasteiger partial charge >= 0.3 is 0 Å². The number of amides is 1. The number of aromatic hydroxyl groups is 1. The zero-order valence-corrected chi connectivity index (χ0v) is 12.5. The summed E-state index contributed by atoms with van der Waals surface area (Å²) in [5.41, 5.74) is 1.08. The van der Waals surface area contributed by atoms with Crippen LogP contribution in [0.25, 0.3) is 11.1 Å². The number of hydrogen-bond acceptors (Lipinski definition) is 2. The summed E-state index contributed by atoms with van der Waals surface area (Å²) in [7, 11) is 0. The van der Waals surface area contributed by atoms with E-state index in [4.69, 9.17) is 0 Å². The second-order valence-electron chi connectivity index (χ2n) is 5.18. The first-order chi connectivity index (χ1) is 11.5. The van der Waals surface area contributed by atoms with Crippen molar-refractivity contribution in [2.24, 2.45) is 0 Å². The number of rotatable bonds is 3. The zero-order valence-electron chi connectivity index (χ0n) is 12.5. The van der Waals surface area contributed by atoms with Crippen LogP contribution in [0.4, 0.5) is 14.5 Å². The number of hydrogen-bond donors (Lipinski definition) is 2. The van der Waals surface area contributed by atoms with Crippen LogP contribution in [0.3, 0.4) is 0 Å². The molecule has 0 atom stereocenters. The summed E-state index contributed by atoms with van der Waals surface area (Å²) in [6.07, 6.45) is 0. The van der Waals surface area contributed by atoms with E-state index < -0.39 is 17.5 Å². The fourth-order valence-corrected chi connectivity index (χ4v) is 2.33. The highest BCUT2D eigenvalue weighted by Crippen LogP contribution is 2.28. The van der Waals surface area contributed by atoms with E-state index in [1.165, 1.54) is 24.3 Å². The third-order valence-corrected chi connectivity index (χ3v) is 3.51. The molecule has 0 fully saturated rings. The van der Waals surface area contributed by atoms with Crippen molar-refractivity contribution >= 4 is 11.6 Å². The summed E-state index contributed by atoms with van der Waals surface area (Å²) in [5, 5.41) is 12.6. The van der Waals surface area contributed by atoms with Crippen LogP contribution in [0.15, 0.2) is 66.7 Å². The lowest BCUT2D eigenvalue weighted by molar-refractivity contribution is 0.102. The van der Waals surface area contributed by atoms with Gasteiger partial charge in [0, 0.05) is 17.3 Å². The number of carbonyl (C=O) groups is 1. The van der Waals surface area contributed by atoms with Crippen molar-refractivity contribution in [2.75, 3.05) is 5.32 Å². The Morgan fingerprint density at radius 2 is 1.67 bits per heavy atom. The lowest BCUT2D eigenvalue weighted by Crippen LogP contribution is -2.12. The van der Waals surface area contributed by atoms with Gasteiger partial charge in [0.25, 0.3) is 5.91 Å². The minimum atomic E-state index is -0.741. The molecule has 0 saturated heterocycles. The van der Waals surface area contributed by atoms with Crippen LogP contribution < -0.4 is 5.32 Å². The maximum Gasteiger partial charge on any atom is 0.259 e. The van der Waals surface area contributed by atoms with Crippen LogP contribution in [0.2, 0.25) is 0 Å². The summed E-state index contributed by atoms with van der Waals surface area (Å²) in [4.78, 5) is 12.3. The Bertz CT molecular complexity index is 895. The van der Waals surface area contributed by atoms with Crippen LogP contribution in [-0.4, -0.2) is 11.0 Å². The molecule has 3 nitrogen and oxygen atoms in total. The largest absolute Gasteiger partial charge is 0.507 e. The van der Waals surface area contributed by atoms with Crippen molar-refractivity contribution in [3.8, 4) is 16.9 Å². The van der Waals surface area contributed by atoms with E-state index in [9.17, 15) is 18.7 Å². The Morgan fingerprint density at radius 3 is 2.38 bits per heavy atom. The summed E-state index contributed by atoms with van der Waals surface area (Å²) in [6.45, 7) is 0. The Labute approximate surface area is 137 Å². The number of nitrogens with one attached hydrogen (secondary N) is 1. The SMILES string of the molecule is O=C(Nc1ccccc1)c1cc(-c2ccc(F)cc2F)ccc1O. The molecule has 0 spiro atoms. The van der Waals surface area contributed by atoms with Gasteiger partial charge in [-0.25, -0.2) is 8.78 Å². The summed E-state index contributed by atoms with van der Waals surface area (Å²) in [6, 6.07) is 16.1. The summed E-state index contributed by atoms with van der Waals surface area (Å²) < 4.78 is 26.9. The Balaban J connectivity index is 1.95. The Hall–Kier alpha value is -3.21. The Kier molecular flexibility index (Phi) is 4.24. The van der Waals surface area contributed by atoms with E-state index in [0.29, 0.717) is 11.3 Å². The third kappa shape index (κ3) is 3.25. The van der Waals surface area contributed by atoms with E-state index in [1.54, 1.807) is 24.3 Å². The number of halogens is 2. The molecule has 0 aliphatic carbocycles. The number of phenols is 1. The van der Waals surface area contributed by atoms with Gasteiger partial charge < -0.3 is 10.4 Å². The lowest BCUT2D eigenvalue weighted by Gasteiger charge is -2.10. The standard InChI is InChI=1S/C19H13F2NO2/c20-13-7-8-15(17(21)11-13)12-6-9-18(23)16(10-12)19(24)22-14-4-2-1-3-5-14/h1-11,23H,(H,22,24). The minimum Gasteiger partial charge on any atom is -0.507 e. The number of carbonyl (C=O) groups excluding carboxylic acids is 1. The normalized spacial score (nSPS) is 10.4. The smallest absolute Gasteiger partial charge is 0.259 e. The van der Waals surface area contributed by atoms with Gasteiger partial charge in [-0.05, 0) is 42.0 Å². The fourth-order valence-electron chi connectivity index (χ4n) is 2.33. The van der Waals surface area contributed by atoms with E-state index in [0.717, 1.165) is 12.1 Å². The third-order valence-electron chi connectivity index (χ3n) is 3.51. The highest BCUT2D eigenvalue weighted by atomic mass is 19.1. The van der Waals surface area contributed by atoms with Gasteiger partial charge in [0.05, 0.1) is 5.56 Å². The van der Waals surface area contributed by atoms with Crippen LogP contribution in [0.5, 0.6) is 5.75 Å². The van der Waals surface area contributed by atoms with E-state index >= 15 is 0 Å². The highest BCUT2D eigenvalue weighted by molar-refractivity contribution is 6.06. The summed E-state index contributed by atoms with van der Waals surface area (Å²) >= 11 is 0. The van der Waals surface area contributed by atoms with Gasteiger partial charge in [0.15, 0.2) is 0 Å². The number of phenolic OH excluding ortho intramolecular Hbond substituents is 1. The number of benzene rings is 3. The molecule has 3 aromatic rings. The molecule has 1 amide bonds. The minimum absolute atomic E-state index is 0.0000723. The van der Waals surface area contributed by atoms with E-state index in [1.807, 2.05) is 6.07 Å². The molecule has 5 heteroatoms. The Morgan fingerprint density at radius 1 is 0.917 bits per heavy atom. The second kappa shape index (κ2) is 6.50. The molecule has 0 bridgehead atoms. The van der Waals surface area contributed by atoms with Gasteiger partial charge in [-0.2, -0.15) is 0 Å². The van der Waals surface area contributed by atoms with Gasteiger partial charge in [-0.3, -0.25) is 4.79 Å². The average molecular weight is 325 g/mol. The lowest BCUT2D eigenvalue weighted by atomic mass is 10.0. The first-order valence-corrected chi connectivity index (χ1v) is 7.19. The van der Waals surface area contributed by atoms with Gasteiger partial charge in [-0.1, -0.05) is 24.3 Å². The van der Waals surface area contributed by atoms with Gasteiger partial charge in [-0.15, -0.1) is 0 Å². The van der Waals surface area contributed by atoms with Crippen molar-refractivity contribution in [1.29, 1.82) is 0 Å². The van der Waals surface area contributed by atoms with Crippen LogP contribution in [0.1, 0.15) is 10.4 Å². The van der Waals surface area contributed by atoms with Crippen molar-refractivity contribution in [3.05, 3.63) is 83.9 Å². The molecule has 2 N–H and O–H groups in total. The predicted octanol–water partition coefficient (Wildman–Crippen LogP) is 4.59. The molecule has 0 aliphatic rings. The predicted molar refractivity (Wildman–Crippen MR) is 87.9 cm³/mol. The van der Waals surface area contributed by atoms with E-state index in [-0.39, 0.29) is 16.9 Å². The zero-order chi connectivity index (χ0) is 17.1. The van der Waals surface area contributed by atoms with Gasteiger partial charge in [0.1, 0.15) is 17.4 Å². The molecular weight excluding hydrogens is 312 g/mol. The number of para-hydroxylation sites is 1. The molecule has 0 aromatic heterocycles. The molecular formula is C19H13F2NO2. The van der Waals surface area contributed by atoms with Crippen molar-refractivity contribution in [1.82, 2.24) is 0 Å². The van der Waals surface area contributed by atoms with Crippen molar-refractivity contribution < 1.29 is 18.7 Å². The molecule has 0 unspecified atom stereocenters. The molecule has 0 saturated carbocycles. The van der Waals surface area contributed by atoms with Crippen LogP contribution in [0, 0.1) is 11.6 Å². The molecule has 3 rings (SSSR count). The molecule has 0 radical (unpaired) electrons. The molecule has 24 heavy (non-hydrogen) atoms. The maximum atomic E-state index is 13.9. The van der Waals surface area contributed by atoms with Gasteiger partial charge in [0.2, 0.25) is 0 Å². The monoisotopic (exact) mass is 325 g/mol. The first-order valence-electron chi connectivity index (χ1n) is 7.19. The maximum absolute atomic E-state index is 13.9. The quantitative estimate of drug-likeness (QED) is 0.740. The van der Waals surface area contributed by atoms with E-state index in [2.05, 4.69) is 5.32 Å². The fraction of sp³-hybridized carbons (Fsp3) is 0. The molecule has 3 aromatic carbocycles. The molecule has 0 heterocycles. The van der Waals surface area contributed by atoms with Crippen molar-refractivity contribution in [3.63, 3.8) is 0 Å². The highest BCUT2D eigenvalue weighted by Gasteiger charge is 2.15. The van der Waals surface area contributed by atoms with Crippen LogP contribution in [-0.2, 0) is 0 Å². The number of anilines is 1. The summed E-state index contributed by atoms with van der Waals surface area (Å²) in [5.74, 6) is -2.18. The van der Waals surface area contributed by atoms with Crippen LogP contribution >= 0.6 is 0 Å². The first kappa shape index (κ1) is 15.7. The molecule has 120 valence electrons. The molecule has 0 aliphatic heterocycles. The topological polar surface area (TPSA) is 49.3 Å². The second-order valence-corrected chi connectivity index (χ2v) is 5.18. The average Bonchev–Trinajstić information content (AvgIpc) is 2.56. The van der Waals surface area contributed by atoms with Crippen molar-refractivity contribution in [2.45, 2.75) is 0 Å².